The zero-order valence-electron chi connectivity index (χ0n) is 19.6. The number of carbonyl (C=O) groups is 1. The molecular formula is C27H33BrN2O3. The van der Waals surface area contributed by atoms with Gasteiger partial charge < -0.3 is 19.3 Å². The molecule has 176 valence electrons. The smallest absolute Gasteiger partial charge is 0.226 e. The van der Waals surface area contributed by atoms with Gasteiger partial charge in [-0.25, -0.2) is 0 Å². The first-order valence-corrected chi connectivity index (χ1v) is 13.1. The summed E-state index contributed by atoms with van der Waals surface area (Å²) in [6.45, 7) is 7.80. The number of hydrogen-bond acceptors (Lipinski definition) is 4. The second-order valence-corrected chi connectivity index (χ2v) is 10.2. The van der Waals surface area contributed by atoms with Crippen molar-refractivity contribution in [3.8, 4) is 11.5 Å². The van der Waals surface area contributed by atoms with Crippen LogP contribution in [0.15, 0.2) is 34.8 Å². The summed E-state index contributed by atoms with van der Waals surface area (Å²) >= 11 is 3.77. The van der Waals surface area contributed by atoms with Crippen molar-refractivity contribution in [1.29, 1.82) is 0 Å². The lowest BCUT2D eigenvalue weighted by Gasteiger charge is -2.41. The van der Waals surface area contributed by atoms with E-state index in [1.165, 1.54) is 16.7 Å². The molecule has 0 spiro atoms. The highest BCUT2D eigenvalue weighted by molar-refractivity contribution is 9.10. The molecule has 0 aliphatic carbocycles. The Labute approximate surface area is 205 Å². The van der Waals surface area contributed by atoms with Crippen molar-refractivity contribution in [2.45, 2.75) is 64.5 Å². The molecule has 0 radical (unpaired) electrons. The number of benzene rings is 2. The first-order chi connectivity index (χ1) is 16.1. The van der Waals surface area contributed by atoms with Crippen molar-refractivity contribution in [2.75, 3.05) is 31.2 Å². The van der Waals surface area contributed by atoms with Gasteiger partial charge in [-0.3, -0.25) is 4.79 Å². The Balaban J connectivity index is 1.29. The van der Waals surface area contributed by atoms with E-state index in [0.717, 1.165) is 80.1 Å². The number of amides is 1. The molecule has 33 heavy (non-hydrogen) atoms. The van der Waals surface area contributed by atoms with E-state index in [4.69, 9.17) is 9.47 Å². The van der Waals surface area contributed by atoms with Crippen molar-refractivity contribution in [3.63, 3.8) is 0 Å². The molecule has 3 aliphatic rings. The van der Waals surface area contributed by atoms with Gasteiger partial charge in [0.25, 0.3) is 0 Å². The molecule has 1 amide bonds. The third-order valence-electron chi connectivity index (χ3n) is 7.44. The van der Waals surface area contributed by atoms with E-state index in [2.05, 4.69) is 39.9 Å². The maximum absolute atomic E-state index is 12.8. The molecule has 1 fully saturated rings. The number of nitrogens with zero attached hydrogens (tertiary/aromatic N) is 2. The first-order valence-electron chi connectivity index (χ1n) is 12.3. The summed E-state index contributed by atoms with van der Waals surface area (Å²) < 4.78 is 13.2. The molecule has 2 aromatic rings. The number of anilines is 1. The highest BCUT2D eigenvalue weighted by atomic mass is 79.9. The summed E-state index contributed by atoms with van der Waals surface area (Å²) in [6, 6.07) is 10.8. The summed E-state index contributed by atoms with van der Waals surface area (Å²) in [5, 5.41) is 0. The number of likely N-dealkylation sites (tertiary alicyclic amines) is 1. The van der Waals surface area contributed by atoms with Crippen LogP contribution < -0.4 is 14.4 Å². The number of rotatable bonds is 6. The Kier molecular flexibility index (Phi) is 6.66. The predicted molar refractivity (Wildman–Crippen MR) is 135 cm³/mol. The molecular weight excluding hydrogens is 480 g/mol. The molecule has 2 aromatic carbocycles. The van der Waals surface area contributed by atoms with Crippen LogP contribution in [0.25, 0.3) is 0 Å². The topological polar surface area (TPSA) is 42.0 Å². The highest BCUT2D eigenvalue weighted by Gasteiger charge is 2.34. The largest absolute Gasteiger partial charge is 0.493 e. The Morgan fingerprint density at radius 2 is 1.76 bits per heavy atom. The van der Waals surface area contributed by atoms with E-state index in [1.54, 1.807) is 0 Å². The lowest BCUT2D eigenvalue weighted by molar-refractivity contribution is -0.119. The van der Waals surface area contributed by atoms with E-state index in [1.807, 2.05) is 30.0 Å². The number of ether oxygens (including phenoxy) is 2. The van der Waals surface area contributed by atoms with E-state index in [0.29, 0.717) is 12.5 Å². The van der Waals surface area contributed by atoms with Gasteiger partial charge in [-0.05, 0) is 54.2 Å². The number of fused-ring (bicyclic) bond motifs is 2. The standard InChI is InChI=1S/C27H33BrN2O3/c1-3-24(31)30(19-7-5-4-6-8-19)20-9-13-29(14-10-20)18(2)17-23-21-11-15-33-27(21)25(28)22-12-16-32-26(22)23/h4-8,18,20H,3,9-17H2,1-2H3. The maximum Gasteiger partial charge on any atom is 0.226 e. The van der Waals surface area contributed by atoms with Crippen LogP contribution in [0, 0.1) is 0 Å². The van der Waals surface area contributed by atoms with Crippen LogP contribution in [0.5, 0.6) is 11.5 Å². The zero-order chi connectivity index (χ0) is 22.9. The minimum Gasteiger partial charge on any atom is -0.493 e. The normalized spacial score (nSPS) is 18.9. The highest BCUT2D eigenvalue weighted by Crippen LogP contribution is 2.47. The second kappa shape index (κ2) is 9.67. The van der Waals surface area contributed by atoms with E-state index in [-0.39, 0.29) is 11.9 Å². The minimum absolute atomic E-state index is 0.214. The van der Waals surface area contributed by atoms with Crippen LogP contribution in [0.3, 0.4) is 0 Å². The average molecular weight is 513 g/mol. The molecule has 0 bridgehead atoms. The Hall–Kier alpha value is -2.05. The van der Waals surface area contributed by atoms with Crippen molar-refractivity contribution < 1.29 is 14.3 Å². The minimum atomic E-state index is 0.214. The molecule has 3 heterocycles. The van der Waals surface area contributed by atoms with Crippen molar-refractivity contribution in [2.24, 2.45) is 0 Å². The fraction of sp³-hybridized carbons (Fsp3) is 0.519. The van der Waals surface area contributed by atoms with Gasteiger partial charge in [0.05, 0.1) is 17.7 Å². The molecule has 0 saturated carbocycles. The average Bonchev–Trinajstić information content (AvgIpc) is 3.53. The Morgan fingerprint density at radius 3 is 2.45 bits per heavy atom. The lowest BCUT2D eigenvalue weighted by Crippen LogP contribution is -2.50. The maximum atomic E-state index is 12.8. The first kappa shape index (κ1) is 22.7. The van der Waals surface area contributed by atoms with Crippen molar-refractivity contribution >= 4 is 27.5 Å². The second-order valence-electron chi connectivity index (χ2n) is 9.38. The van der Waals surface area contributed by atoms with Crippen LogP contribution in [0.4, 0.5) is 5.69 Å². The molecule has 1 atom stereocenters. The molecule has 0 aromatic heterocycles. The van der Waals surface area contributed by atoms with Gasteiger partial charge in [0.15, 0.2) is 0 Å². The van der Waals surface area contributed by atoms with Crippen LogP contribution in [-0.2, 0) is 24.1 Å². The summed E-state index contributed by atoms with van der Waals surface area (Å²) in [6.07, 6.45) is 5.41. The number of piperidine rings is 1. The van der Waals surface area contributed by atoms with Gasteiger partial charge in [-0.15, -0.1) is 0 Å². The number of carbonyl (C=O) groups excluding carboxylic acids is 1. The van der Waals surface area contributed by atoms with E-state index in [9.17, 15) is 4.79 Å². The predicted octanol–water partition coefficient (Wildman–Crippen LogP) is 5.16. The van der Waals surface area contributed by atoms with Crippen LogP contribution >= 0.6 is 15.9 Å². The van der Waals surface area contributed by atoms with Gasteiger partial charge in [0, 0.05) is 66.8 Å². The fourth-order valence-electron chi connectivity index (χ4n) is 5.69. The summed E-state index contributed by atoms with van der Waals surface area (Å²) in [5.74, 6) is 2.35. The molecule has 1 saturated heterocycles. The van der Waals surface area contributed by atoms with Crippen LogP contribution in [0.2, 0.25) is 0 Å². The number of para-hydroxylation sites is 1. The van der Waals surface area contributed by atoms with E-state index < -0.39 is 0 Å². The van der Waals surface area contributed by atoms with Crippen LogP contribution in [-0.4, -0.2) is 49.2 Å². The fourth-order valence-corrected chi connectivity index (χ4v) is 6.42. The Bertz CT molecular complexity index is 983. The summed E-state index contributed by atoms with van der Waals surface area (Å²) in [5.41, 5.74) is 4.97. The monoisotopic (exact) mass is 512 g/mol. The summed E-state index contributed by atoms with van der Waals surface area (Å²) in [7, 11) is 0. The van der Waals surface area contributed by atoms with Crippen molar-refractivity contribution in [3.05, 3.63) is 51.5 Å². The molecule has 0 N–H and O–H groups in total. The number of hydrogen-bond donors (Lipinski definition) is 0. The van der Waals surface area contributed by atoms with Gasteiger partial charge in [-0.1, -0.05) is 25.1 Å². The number of halogens is 1. The zero-order valence-corrected chi connectivity index (χ0v) is 21.2. The third kappa shape index (κ3) is 4.28. The van der Waals surface area contributed by atoms with E-state index >= 15 is 0 Å². The van der Waals surface area contributed by atoms with Crippen molar-refractivity contribution in [1.82, 2.24) is 4.90 Å². The molecule has 6 heteroatoms. The van der Waals surface area contributed by atoms with Gasteiger partial charge in [-0.2, -0.15) is 0 Å². The SMILES string of the molecule is CCC(=O)N(c1ccccc1)C1CCN(C(C)Cc2c3c(c(Br)c4c2OCC4)OCC3)CC1. The van der Waals surface area contributed by atoms with Gasteiger partial charge >= 0.3 is 0 Å². The van der Waals surface area contributed by atoms with Gasteiger partial charge in [0.2, 0.25) is 5.91 Å². The van der Waals surface area contributed by atoms with Gasteiger partial charge in [0.1, 0.15) is 11.5 Å². The lowest BCUT2D eigenvalue weighted by atomic mass is 9.93. The molecule has 1 unspecified atom stereocenters. The molecule has 5 nitrogen and oxygen atoms in total. The Morgan fingerprint density at radius 1 is 1.09 bits per heavy atom. The third-order valence-corrected chi connectivity index (χ3v) is 8.28. The quantitative estimate of drug-likeness (QED) is 0.536. The molecule has 3 aliphatic heterocycles. The van der Waals surface area contributed by atoms with Crippen LogP contribution in [0.1, 0.15) is 49.8 Å². The summed E-state index contributed by atoms with van der Waals surface area (Å²) in [4.78, 5) is 17.4. The molecule has 5 rings (SSSR count).